The van der Waals surface area contributed by atoms with Gasteiger partial charge in [0.15, 0.2) is 0 Å². The number of hydrogen-bond donors (Lipinski definition) is 5. The van der Waals surface area contributed by atoms with Gasteiger partial charge in [0, 0.05) is 17.1 Å². The van der Waals surface area contributed by atoms with E-state index in [1.165, 1.54) is 42.5 Å². The minimum atomic E-state index is -4.52. The third-order valence-corrected chi connectivity index (χ3v) is 6.62. The molecule has 0 aliphatic rings. The lowest BCUT2D eigenvalue weighted by Gasteiger charge is -2.12. The van der Waals surface area contributed by atoms with Gasteiger partial charge in [-0.1, -0.05) is 36.9 Å². The first kappa shape index (κ1) is 25.7. The van der Waals surface area contributed by atoms with Gasteiger partial charge in [0.2, 0.25) is 17.8 Å². The molecule has 0 atom stereocenters. The minimum absolute atomic E-state index is 0.0260. The standard InChI is InChI=1S/C23H20N6O6S2/c1-2-15-8-9-18(14-20(15)37(33,34)35)26-23-28-21(24-16-6-4-3-5-7-16)27-22(29-23)25-17-10-12-19(13-11-17)36(30,31)32/h2-14H,1H2,(H,30,31,32)(H,33,34,35)(H3,24,25,26,27,28,29). The quantitative estimate of drug-likeness (QED) is 0.191. The first-order valence-electron chi connectivity index (χ1n) is 10.4. The molecule has 3 aromatic carbocycles. The molecule has 0 aliphatic heterocycles. The highest BCUT2D eigenvalue weighted by Crippen LogP contribution is 2.25. The van der Waals surface area contributed by atoms with E-state index in [0.29, 0.717) is 11.4 Å². The molecule has 37 heavy (non-hydrogen) atoms. The molecule has 0 saturated heterocycles. The lowest BCUT2D eigenvalue weighted by molar-refractivity contribution is 0.481. The number of aromatic nitrogens is 3. The summed E-state index contributed by atoms with van der Waals surface area (Å²) >= 11 is 0. The largest absolute Gasteiger partial charge is 0.324 e. The van der Waals surface area contributed by atoms with E-state index in [-0.39, 0.29) is 38.9 Å². The zero-order valence-electron chi connectivity index (χ0n) is 18.9. The molecule has 0 aliphatic carbocycles. The molecule has 190 valence electrons. The van der Waals surface area contributed by atoms with Crippen LogP contribution in [-0.2, 0) is 20.2 Å². The smallest absolute Gasteiger partial charge is 0.295 e. The fourth-order valence-corrected chi connectivity index (χ4v) is 4.37. The summed E-state index contributed by atoms with van der Waals surface area (Å²) in [6.45, 7) is 3.55. The van der Waals surface area contributed by atoms with Gasteiger partial charge in [-0.15, -0.1) is 0 Å². The number of rotatable bonds is 9. The number of para-hydroxylation sites is 1. The van der Waals surface area contributed by atoms with Crippen molar-refractivity contribution in [1.29, 1.82) is 0 Å². The summed E-state index contributed by atoms with van der Waals surface area (Å²) in [7, 11) is -8.87. The number of nitrogens with zero attached hydrogens (tertiary/aromatic N) is 3. The molecule has 4 rings (SSSR count). The summed E-state index contributed by atoms with van der Waals surface area (Å²) in [6.07, 6.45) is 1.30. The van der Waals surface area contributed by atoms with Crippen LogP contribution < -0.4 is 16.0 Å². The predicted molar refractivity (Wildman–Crippen MR) is 139 cm³/mol. The van der Waals surface area contributed by atoms with Crippen molar-refractivity contribution in [3.63, 3.8) is 0 Å². The summed E-state index contributed by atoms with van der Waals surface area (Å²) in [5.74, 6) is 0.227. The summed E-state index contributed by atoms with van der Waals surface area (Å²) in [4.78, 5) is 12.3. The van der Waals surface area contributed by atoms with Crippen molar-refractivity contribution < 1.29 is 25.9 Å². The number of nitrogens with one attached hydrogen (secondary N) is 3. The van der Waals surface area contributed by atoms with E-state index in [2.05, 4.69) is 37.5 Å². The SMILES string of the molecule is C=Cc1ccc(Nc2nc(Nc3ccccc3)nc(Nc3ccc(S(=O)(=O)O)cc3)n2)cc1S(=O)(=O)O. The maximum atomic E-state index is 11.8. The monoisotopic (exact) mass is 540 g/mol. The second-order valence-electron chi connectivity index (χ2n) is 7.48. The zero-order chi connectivity index (χ0) is 26.6. The van der Waals surface area contributed by atoms with Gasteiger partial charge in [-0.3, -0.25) is 9.11 Å². The van der Waals surface area contributed by atoms with Crippen molar-refractivity contribution in [3.8, 4) is 0 Å². The Labute approximate surface area is 212 Å². The third-order valence-electron chi connectivity index (χ3n) is 4.84. The highest BCUT2D eigenvalue weighted by Gasteiger charge is 2.16. The minimum Gasteiger partial charge on any atom is -0.324 e. The van der Waals surface area contributed by atoms with Crippen molar-refractivity contribution >= 4 is 61.2 Å². The van der Waals surface area contributed by atoms with Crippen LogP contribution in [0.2, 0.25) is 0 Å². The van der Waals surface area contributed by atoms with Gasteiger partial charge in [-0.2, -0.15) is 31.8 Å². The van der Waals surface area contributed by atoms with E-state index < -0.39 is 20.2 Å². The predicted octanol–water partition coefficient (Wildman–Crippen LogP) is 4.24. The van der Waals surface area contributed by atoms with Gasteiger partial charge in [0.1, 0.15) is 4.90 Å². The molecule has 1 heterocycles. The van der Waals surface area contributed by atoms with E-state index in [4.69, 9.17) is 4.55 Å². The van der Waals surface area contributed by atoms with Crippen LogP contribution in [0.15, 0.2) is 89.2 Å². The highest BCUT2D eigenvalue weighted by molar-refractivity contribution is 7.86. The normalized spacial score (nSPS) is 11.5. The van der Waals surface area contributed by atoms with E-state index in [0.717, 1.165) is 0 Å². The molecule has 4 aromatic rings. The Morgan fingerprint density at radius 3 is 1.62 bits per heavy atom. The molecule has 0 unspecified atom stereocenters. The number of benzene rings is 3. The Morgan fingerprint density at radius 1 is 0.649 bits per heavy atom. The average Bonchev–Trinajstić information content (AvgIpc) is 2.84. The second kappa shape index (κ2) is 10.3. The Hall–Kier alpha value is -4.37. The molecule has 0 saturated carbocycles. The van der Waals surface area contributed by atoms with E-state index >= 15 is 0 Å². The summed E-state index contributed by atoms with van der Waals surface area (Å²) in [5, 5.41) is 8.84. The first-order valence-corrected chi connectivity index (χ1v) is 13.3. The molecule has 0 fully saturated rings. The Bertz CT molecular complexity index is 1660. The van der Waals surface area contributed by atoms with Crippen molar-refractivity contribution in [2.45, 2.75) is 9.79 Å². The lowest BCUT2D eigenvalue weighted by atomic mass is 10.2. The lowest BCUT2D eigenvalue weighted by Crippen LogP contribution is -2.08. The van der Waals surface area contributed by atoms with Crippen molar-refractivity contribution in [1.82, 2.24) is 15.0 Å². The van der Waals surface area contributed by atoms with Crippen molar-refractivity contribution in [3.05, 3.63) is 84.9 Å². The molecule has 0 spiro atoms. The van der Waals surface area contributed by atoms with Crippen molar-refractivity contribution in [2.75, 3.05) is 16.0 Å². The van der Waals surface area contributed by atoms with E-state index in [9.17, 15) is 21.4 Å². The van der Waals surface area contributed by atoms with Crippen molar-refractivity contribution in [2.24, 2.45) is 0 Å². The topological polar surface area (TPSA) is 183 Å². The molecular formula is C23H20N6O6S2. The van der Waals surface area contributed by atoms with Crippen LogP contribution >= 0.6 is 0 Å². The van der Waals surface area contributed by atoms with Crippen LogP contribution in [0.1, 0.15) is 5.56 Å². The molecule has 0 radical (unpaired) electrons. The van der Waals surface area contributed by atoms with Crippen LogP contribution in [-0.4, -0.2) is 40.9 Å². The molecule has 14 heteroatoms. The fourth-order valence-electron chi connectivity index (χ4n) is 3.17. The van der Waals surface area contributed by atoms with E-state index in [1.54, 1.807) is 18.2 Å². The van der Waals surface area contributed by atoms with Gasteiger partial charge in [0.05, 0.1) is 4.90 Å². The summed E-state index contributed by atoms with van der Waals surface area (Å²) in [6, 6.07) is 18.5. The van der Waals surface area contributed by atoms with Crippen LogP contribution in [0.3, 0.4) is 0 Å². The molecule has 1 aromatic heterocycles. The third kappa shape index (κ3) is 6.65. The Balaban J connectivity index is 1.69. The maximum absolute atomic E-state index is 11.8. The average molecular weight is 541 g/mol. The zero-order valence-corrected chi connectivity index (χ0v) is 20.5. The van der Waals surface area contributed by atoms with Gasteiger partial charge in [-0.25, -0.2) is 0 Å². The highest BCUT2D eigenvalue weighted by atomic mass is 32.2. The summed E-state index contributed by atoms with van der Waals surface area (Å²) < 4.78 is 64.9. The van der Waals surface area contributed by atoms with Gasteiger partial charge in [-0.05, 0) is 54.1 Å². The van der Waals surface area contributed by atoms with Crippen LogP contribution in [0.5, 0.6) is 0 Å². The molecule has 5 N–H and O–H groups in total. The number of anilines is 6. The van der Waals surface area contributed by atoms with Crippen LogP contribution in [0.25, 0.3) is 6.08 Å². The van der Waals surface area contributed by atoms with Gasteiger partial charge >= 0.3 is 0 Å². The fraction of sp³-hybridized carbons (Fsp3) is 0. The summed E-state index contributed by atoms with van der Waals surface area (Å²) in [5.41, 5.74) is 1.58. The van der Waals surface area contributed by atoms with Crippen LogP contribution in [0.4, 0.5) is 34.9 Å². The molecular weight excluding hydrogens is 520 g/mol. The maximum Gasteiger partial charge on any atom is 0.295 e. The van der Waals surface area contributed by atoms with Crippen LogP contribution in [0, 0.1) is 0 Å². The van der Waals surface area contributed by atoms with E-state index in [1.807, 2.05) is 18.2 Å². The molecule has 0 amide bonds. The number of hydrogen-bond acceptors (Lipinski definition) is 10. The molecule has 12 nitrogen and oxygen atoms in total. The first-order chi connectivity index (χ1) is 17.5. The Morgan fingerprint density at radius 2 is 1.14 bits per heavy atom. The van der Waals surface area contributed by atoms with Gasteiger partial charge < -0.3 is 16.0 Å². The molecule has 0 bridgehead atoms. The Kier molecular flexibility index (Phi) is 7.17. The van der Waals surface area contributed by atoms with Gasteiger partial charge in [0.25, 0.3) is 20.2 Å². The second-order valence-corrected chi connectivity index (χ2v) is 10.3.